The lowest BCUT2D eigenvalue weighted by atomic mass is 10.1. The molecule has 0 saturated carbocycles. The number of benzene rings is 1. The van der Waals surface area contributed by atoms with E-state index in [1.165, 1.54) is 0 Å². The summed E-state index contributed by atoms with van der Waals surface area (Å²) >= 11 is 0. The molecule has 1 heterocycles. The highest BCUT2D eigenvalue weighted by Crippen LogP contribution is 2.13. The molecule has 1 aliphatic heterocycles. The van der Waals surface area contributed by atoms with Crippen molar-refractivity contribution >= 4 is 23.5 Å². The van der Waals surface area contributed by atoms with E-state index in [0.717, 1.165) is 5.56 Å². The second kappa shape index (κ2) is 6.70. The molecular weight excluding hydrogens is 290 g/mol. The largest absolute Gasteiger partial charge is 0.482 e. The molecule has 1 aromatic rings. The van der Waals surface area contributed by atoms with Gasteiger partial charge in [0.05, 0.1) is 12.1 Å². The van der Waals surface area contributed by atoms with Gasteiger partial charge < -0.3 is 15.3 Å². The van der Waals surface area contributed by atoms with Gasteiger partial charge in [0.25, 0.3) is 5.91 Å². The summed E-state index contributed by atoms with van der Waals surface area (Å²) in [6.07, 6.45) is -1.23. The lowest BCUT2D eigenvalue weighted by Crippen LogP contribution is -2.30. The van der Waals surface area contributed by atoms with Crippen LogP contribution in [-0.2, 0) is 19.1 Å². The first-order valence-corrected chi connectivity index (χ1v) is 6.50. The van der Waals surface area contributed by atoms with Crippen LogP contribution in [0, 0.1) is 0 Å². The maximum Gasteiger partial charge on any atom is 0.344 e. The van der Waals surface area contributed by atoms with Gasteiger partial charge in [0.1, 0.15) is 5.75 Å². The number of carbonyl (C=O) groups is 3. The number of hydrogen-bond acceptors (Lipinski definition) is 7. The summed E-state index contributed by atoms with van der Waals surface area (Å²) in [7, 11) is 0. The molecule has 0 spiro atoms. The van der Waals surface area contributed by atoms with Gasteiger partial charge in [0, 0.05) is 0 Å². The molecule has 0 aliphatic carbocycles. The summed E-state index contributed by atoms with van der Waals surface area (Å²) in [5, 5.41) is 5.62. The van der Waals surface area contributed by atoms with Gasteiger partial charge in [-0.1, -0.05) is 0 Å². The van der Waals surface area contributed by atoms with Gasteiger partial charge in [0.2, 0.25) is 5.91 Å². The number of ether oxygens (including phenoxy) is 2. The molecule has 1 saturated heterocycles. The summed E-state index contributed by atoms with van der Waals surface area (Å²) in [6, 6.07) is 6.80. The summed E-state index contributed by atoms with van der Waals surface area (Å²) < 4.78 is 10.1. The molecule has 1 atom stereocenters. The molecule has 1 unspecified atom stereocenters. The fraction of sp³-hybridized carbons (Fsp3) is 0.286. The Labute approximate surface area is 126 Å². The van der Waals surface area contributed by atoms with E-state index >= 15 is 0 Å². The van der Waals surface area contributed by atoms with Crippen LogP contribution in [0.5, 0.6) is 5.75 Å². The normalized spacial score (nSPS) is 18.0. The van der Waals surface area contributed by atoms with Gasteiger partial charge in [-0.15, -0.1) is 0 Å². The Bertz CT molecular complexity index is 624. The molecule has 0 bridgehead atoms. The van der Waals surface area contributed by atoms with Gasteiger partial charge >= 0.3 is 5.97 Å². The Morgan fingerprint density at radius 2 is 2.05 bits per heavy atom. The number of nitrogens with two attached hydrogens (primary N) is 1. The molecule has 1 aromatic carbocycles. The lowest BCUT2D eigenvalue weighted by Gasteiger charge is -2.10. The Kier molecular flexibility index (Phi) is 4.72. The Morgan fingerprint density at radius 3 is 2.59 bits per heavy atom. The minimum Gasteiger partial charge on any atom is -0.482 e. The van der Waals surface area contributed by atoms with Crippen LogP contribution in [0.4, 0.5) is 0 Å². The topological polar surface area (TPSA) is 120 Å². The molecule has 1 aliphatic rings. The van der Waals surface area contributed by atoms with Crippen LogP contribution in [0.25, 0.3) is 0 Å². The van der Waals surface area contributed by atoms with Crippen LogP contribution in [0.3, 0.4) is 0 Å². The molecular formula is C14H15N3O5. The van der Waals surface area contributed by atoms with Crippen LogP contribution >= 0.6 is 0 Å². The van der Waals surface area contributed by atoms with Crippen molar-refractivity contribution in [1.82, 2.24) is 5.32 Å². The molecule has 3 N–H and O–H groups in total. The highest BCUT2D eigenvalue weighted by Gasteiger charge is 2.33. The Morgan fingerprint density at radius 1 is 1.36 bits per heavy atom. The van der Waals surface area contributed by atoms with Gasteiger partial charge in [-0.05, 0) is 36.8 Å². The number of hydrogen-bond donors (Lipinski definition) is 2. The number of carbonyl (C=O) groups excluding carboxylic acids is 3. The van der Waals surface area contributed by atoms with E-state index < -0.39 is 23.9 Å². The molecule has 1 fully saturated rings. The SMILES string of the molecule is CC(=NN)c1ccc(OCC(=O)OC2CC(=O)NC2=O)cc1. The third-order valence-corrected chi connectivity index (χ3v) is 3.02. The minimum absolute atomic E-state index is 0.156. The standard InChI is InChI=1S/C14H15N3O5/c1-8(17-15)9-2-4-10(5-3-9)21-7-13(19)22-11-6-12(18)16-14(11)20/h2-5,11H,6-7,15H2,1H3,(H,16,18,20). The van der Waals surface area contributed by atoms with Crippen molar-refractivity contribution in [2.75, 3.05) is 6.61 Å². The third kappa shape index (κ3) is 3.81. The quantitative estimate of drug-likeness (QED) is 0.253. The Balaban J connectivity index is 1.83. The van der Waals surface area contributed by atoms with E-state index in [4.69, 9.17) is 15.3 Å². The van der Waals surface area contributed by atoms with E-state index in [-0.39, 0.29) is 13.0 Å². The fourth-order valence-electron chi connectivity index (χ4n) is 1.83. The average molecular weight is 305 g/mol. The van der Waals surface area contributed by atoms with Crippen LogP contribution in [0.15, 0.2) is 29.4 Å². The second-order valence-electron chi connectivity index (χ2n) is 4.62. The molecule has 2 rings (SSSR count). The number of nitrogens with zero attached hydrogens (tertiary/aromatic N) is 1. The van der Waals surface area contributed by atoms with E-state index in [9.17, 15) is 14.4 Å². The van der Waals surface area contributed by atoms with Gasteiger partial charge in [-0.3, -0.25) is 14.9 Å². The average Bonchev–Trinajstić information content (AvgIpc) is 2.82. The van der Waals surface area contributed by atoms with Crippen molar-refractivity contribution in [2.45, 2.75) is 19.4 Å². The minimum atomic E-state index is -1.07. The summed E-state index contributed by atoms with van der Waals surface area (Å²) in [4.78, 5) is 33.8. The molecule has 0 radical (unpaired) electrons. The molecule has 22 heavy (non-hydrogen) atoms. The predicted molar refractivity (Wildman–Crippen MR) is 76.0 cm³/mol. The van der Waals surface area contributed by atoms with Crippen molar-refractivity contribution in [3.05, 3.63) is 29.8 Å². The number of rotatable bonds is 5. The van der Waals surface area contributed by atoms with Crippen LogP contribution in [-0.4, -0.2) is 36.2 Å². The van der Waals surface area contributed by atoms with E-state index in [2.05, 4.69) is 10.4 Å². The van der Waals surface area contributed by atoms with Gasteiger partial charge in [0.15, 0.2) is 12.7 Å². The smallest absolute Gasteiger partial charge is 0.344 e. The van der Waals surface area contributed by atoms with Crippen molar-refractivity contribution < 1.29 is 23.9 Å². The zero-order valence-corrected chi connectivity index (χ0v) is 11.9. The van der Waals surface area contributed by atoms with E-state index in [0.29, 0.717) is 11.5 Å². The number of nitrogens with one attached hydrogen (secondary N) is 1. The van der Waals surface area contributed by atoms with Crippen molar-refractivity contribution in [3.63, 3.8) is 0 Å². The third-order valence-electron chi connectivity index (χ3n) is 3.02. The Hall–Kier alpha value is -2.90. The van der Waals surface area contributed by atoms with E-state index in [1.807, 2.05) is 0 Å². The van der Waals surface area contributed by atoms with Gasteiger partial charge in [-0.25, -0.2) is 4.79 Å². The zero-order valence-electron chi connectivity index (χ0n) is 11.9. The van der Waals surface area contributed by atoms with Crippen molar-refractivity contribution in [3.8, 4) is 5.75 Å². The highest BCUT2D eigenvalue weighted by molar-refractivity contribution is 6.05. The number of hydrazone groups is 1. The first-order chi connectivity index (χ1) is 10.5. The lowest BCUT2D eigenvalue weighted by molar-refractivity contribution is -0.155. The van der Waals surface area contributed by atoms with Crippen molar-refractivity contribution in [2.24, 2.45) is 10.9 Å². The number of esters is 1. The summed E-state index contributed by atoms with van der Waals surface area (Å²) in [5.41, 5.74) is 1.50. The van der Waals surface area contributed by atoms with Crippen molar-refractivity contribution in [1.29, 1.82) is 0 Å². The van der Waals surface area contributed by atoms with Crippen LogP contribution in [0.2, 0.25) is 0 Å². The predicted octanol–water partition coefficient (Wildman–Crippen LogP) is -0.294. The molecule has 2 amide bonds. The second-order valence-corrected chi connectivity index (χ2v) is 4.62. The molecule has 8 heteroatoms. The monoisotopic (exact) mass is 305 g/mol. The number of imide groups is 1. The maximum atomic E-state index is 11.6. The number of amides is 2. The summed E-state index contributed by atoms with van der Waals surface area (Å²) in [5.74, 6) is 3.84. The molecule has 8 nitrogen and oxygen atoms in total. The van der Waals surface area contributed by atoms with Gasteiger partial charge in [-0.2, -0.15) is 5.10 Å². The van der Waals surface area contributed by atoms with Crippen LogP contribution < -0.4 is 15.9 Å². The maximum absolute atomic E-state index is 11.6. The first kappa shape index (κ1) is 15.5. The van der Waals surface area contributed by atoms with Crippen LogP contribution in [0.1, 0.15) is 18.9 Å². The first-order valence-electron chi connectivity index (χ1n) is 6.50. The zero-order chi connectivity index (χ0) is 16.1. The molecule has 0 aromatic heterocycles. The highest BCUT2D eigenvalue weighted by atomic mass is 16.6. The summed E-state index contributed by atoms with van der Waals surface area (Å²) in [6.45, 7) is 1.41. The fourth-order valence-corrected chi connectivity index (χ4v) is 1.83. The molecule has 116 valence electrons. The van der Waals surface area contributed by atoms with E-state index in [1.54, 1.807) is 31.2 Å².